The first kappa shape index (κ1) is 20.7. The molecule has 0 fully saturated rings. The van der Waals surface area contributed by atoms with Gasteiger partial charge in [-0.3, -0.25) is 0 Å². The van der Waals surface area contributed by atoms with E-state index in [0.29, 0.717) is 58.0 Å². The van der Waals surface area contributed by atoms with Crippen molar-refractivity contribution in [1.82, 2.24) is 19.7 Å². The Morgan fingerprint density at radius 1 is 1.12 bits per heavy atom. The van der Waals surface area contributed by atoms with Gasteiger partial charge in [0.25, 0.3) is 0 Å². The Labute approximate surface area is 188 Å². The molecule has 33 heavy (non-hydrogen) atoms. The number of carbonyl (C=O) groups is 1. The second kappa shape index (κ2) is 8.40. The monoisotopic (exact) mass is 448 g/mol. The van der Waals surface area contributed by atoms with Crippen molar-refractivity contribution in [2.45, 2.75) is 13.0 Å². The molecule has 168 valence electrons. The number of carboxylic acids is 1. The minimum Gasteiger partial charge on any atom is -0.493 e. The van der Waals surface area contributed by atoms with Crippen LogP contribution in [0.3, 0.4) is 0 Å². The van der Waals surface area contributed by atoms with Crippen molar-refractivity contribution < 1.29 is 29.1 Å². The molecule has 0 unspecified atom stereocenters. The second-order valence-electron chi connectivity index (χ2n) is 7.45. The average molecular weight is 448 g/mol. The van der Waals surface area contributed by atoms with Gasteiger partial charge in [0.1, 0.15) is 12.7 Å². The minimum absolute atomic E-state index is 0.0695. The number of aromatic nitrogens is 4. The number of benzene rings is 2. The maximum Gasteiger partial charge on any atom is 0.338 e. The van der Waals surface area contributed by atoms with Gasteiger partial charge in [-0.2, -0.15) is 4.89 Å². The van der Waals surface area contributed by atoms with Crippen LogP contribution in [0.4, 0.5) is 0 Å². The van der Waals surface area contributed by atoms with Crippen LogP contribution in [-0.2, 0) is 17.9 Å². The Kier molecular flexibility index (Phi) is 5.27. The van der Waals surface area contributed by atoms with Crippen LogP contribution in [-0.4, -0.2) is 51.7 Å². The predicted molar refractivity (Wildman–Crippen MR) is 117 cm³/mol. The van der Waals surface area contributed by atoms with Crippen molar-refractivity contribution in [3.63, 3.8) is 0 Å². The first-order chi connectivity index (χ1) is 16.1. The van der Waals surface area contributed by atoms with Crippen LogP contribution in [0.2, 0.25) is 0 Å². The van der Waals surface area contributed by atoms with Gasteiger partial charge >= 0.3 is 5.97 Å². The lowest BCUT2D eigenvalue weighted by Crippen LogP contribution is -2.14. The van der Waals surface area contributed by atoms with Crippen LogP contribution in [0.5, 0.6) is 17.2 Å². The number of pyridine rings is 1. The van der Waals surface area contributed by atoms with Gasteiger partial charge in [0.05, 0.1) is 44.1 Å². The zero-order valence-corrected chi connectivity index (χ0v) is 17.9. The van der Waals surface area contributed by atoms with E-state index in [0.717, 1.165) is 5.56 Å². The van der Waals surface area contributed by atoms with Crippen LogP contribution >= 0.6 is 0 Å². The number of carboxylic acid groups (broad SMARTS) is 1. The zero-order chi connectivity index (χ0) is 22.9. The van der Waals surface area contributed by atoms with Crippen LogP contribution in [0.15, 0.2) is 43.0 Å². The van der Waals surface area contributed by atoms with Gasteiger partial charge in [0.15, 0.2) is 17.2 Å². The van der Waals surface area contributed by atoms with Crippen molar-refractivity contribution in [3.8, 4) is 28.4 Å². The predicted octanol–water partition coefficient (Wildman–Crippen LogP) is 3.12. The lowest BCUT2D eigenvalue weighted by atomic mass is 9.92. The molecule has 5 rings (SSSR count). The van der Waals surface area contributed by atoms with Gasteiger partial charge < -0.3 is 24.0 Å². The van der Waals surface area contributed by atoms with E-state index in [1.165, 1.54) is 19.8 Å². The summed E-state index contributed by atoms with van der Waals surface area (Å²) in [5.41, 5.74) is 3.18. The summed E-state index contributed by atoms with van der Waals surface area (Å²) in [5, 5.41) is 18.5. The third kappa shape index (κ3) is 3.70. The minimum atomic E-state index is -1.10. The van der Waals surface area contributed by atoms with Gasteiger partial charge in [-0.25, -0.2) is 9.78 Å². The van der Waals surface area contributed by atoms with Gasteiger partial charge in [0, 0.05) is 22.9 Å². The van der Waals surface area contributed by atoms with E-state index in [1.54, 1.807) is 35.9 Å². The molecule has 1 N–H and O–H groups in total. The maximum absolute atomic E-state index is 12.6. The number of aromatic carboxylic acids is 1. The summed E-state index contributed by atoms with van der Waals surface area (Å²) in [4.78, 5) is 27.8. The molecule has 2 aromatic heterocycles. The number of hydrogen-bond acceptors (Lipinski definition) is 8. The Balaban J connectivity index is 1.84. The fraction of sp³-hybridized carbons (Fsp3) is 0.217. The number of hydrogen-bond donors (Lipinski definition) is 1. The summed E-state index contributed by atoms with van der Waals surface area (Å²) in [5.74, 6) is 0.455. The summed E-state index contributed by atoms with van der Waals surface area (Å²) in [6.07, 6.45) is 3.71. The molecule has 0 atom stereocenters. The maximum atomic E-state index is 12.6. The molecule has 0 amide bonds. The SMILES string of the molecule is COc1ccc(-c2c(C(=O)O)c(Cn3cnnc3)nc3cc4c(cc23)OOCC4)cc1OC. The Hall–Kier alpha value is -4.18. The fourth-order valence-electron chi connectivity index (χ4n) is 4.03. The van der Waals surface area contributed by atoms with Crippen molar-refractivity contribution in [3.05, 3.63) is 59.8 Å². The standard InChI is InChI=1S/C23H20N4O6/c1-30-18-4-3-14(8-20(18)31-2)21-15-9-19-13(5-6-32-33-19)7-16(15)26-17(22(21)23(28)29)10-27-11-24-25-12-27/h3-4,7-9,11-12H,5-6,10H2,1-2H3,(H,28,29). The van der Waals surface area contributed by atoms with Gasteiger partial charge in [-0.1, -0.05) is 6.07 Å². The summed E-state index contributed by atoms with van der Waals surface area (Å²) in [6.45, 7) is 0.628. The van der Waals surface area contributed by atoms with Gasteiger partial charge in [-0.15, -0.1) is 10.2 Å². The molecule has 10 heteroatoms. The molecule has 0 spiro atoms. The first-order valence-corrected chi connectivity index (χ1v) is 10.2. The van der Waals surface area contributed by atoms with Crippen LogP contribution in [0.1, 0.15) is 21.6 Å². The van der Waals surface area contributed by atoms with E-state index < -0.39 is 5.97 Å². The summed E-state index contributed by atoms with van der Waals surface area (Å²) >= 11 is 0. The lowest BCUT2D eigenvalue weighted by molar-refractivity contribution is -0.215. The Morgan fingerprint density at radius 2 is 1.91 bits per heavy atom. The number of rotatable bonds is 6. The molecule has 1 aliphatic rings. The lowest BCUT2D eigenvalue weighted by Gasteiger charge is -2.20. The molecule has 0 radical (unpaired) electrons. The molecule has 0 bridgehead atoms. The zero-order valence-electron chi connectivity index (χ0n) is 17.9. The average Bonchev–Trinajstić information content (AvgIpc) is 3.34. The molecular formula is C23H20N4O6. The van der Waals surface area contributed by atoms with Crippen molar-refractivity contribution in [1.29, 1.82) is 0 Å². The molecule has 2 aromatic carbocycles. The highest BCUT2D eigenvalue weighted by Gasteiger charge is 2.25. The second-order valence-corrected chi connectivity index (χ2v) is 7.45. The smallest absolute Gasteiger partial charge is 0.338 e. The van der Waals surface area contributed by atoms with E-state index in [9.17, 15) is 9.90 Å². The number of methoxy groups -OCH3 is 2. The molecule has 0 aliphatic carbocycles. The largest absolute Gasteiger partial charge is 0.493 e. The van der Waals surface area contributed by atoms with E-state index in [4.69, 9.17) is 24.2 Å². The molecule has 4 aromatic rings. The number of fused-ring (bicyclic) bond motifs is 2. The Morgan fingerprint density at radius 3 is 2.64 bits per heavy atom. The quantitative estimate of drug-likeness (QED) is 0.444. The highest BCUT2D eigenvalue weighted by Crippen LogP contribution is 2.40. The highest BCUT2D eigenvalue weighted by molar-refractivity contribution is 6.08. The Bertz CT molecular complexity index is 1350. The van der Waals surface area contributed by atoms with Crippen molar-refractivity contribution in [2.75, 3.05) is 20.8 Å². The molecule has 0 saturated heterocycles. The molecule has 0 saturated carbocycles. The van der Waals surface area contributed by atoms with Gasteiger partial charge in [0.2, 0.25) is 0 Å². The summed E-state index contributed by atoms with van der Waals surface area (Å²) < 4.78 is 12.5. The highest BCUT2D eigenvalue weighted by atomic mass is 17.2. The molecule has 3 heterocycles. The van der Waals surface area contributed by atoms with E-state index in [2.05, 4.69) is 10.2 Å². The topological polar surface area (TPSA) is 118 Å². The third-order valence-electron chi connectivity index (χ3n) is 5.53. The summed E-state index contributed by atoms with van der Waals surface area (Å²) in [6, 6.07) is 8.97. The number of nitrogens with zero attached hydrogens (tertiary/aromatic N) is 4. The molecular weight excluding hydrogens is 428 g/mol. The normalized spacial score (nSPS) is 12.8. The van der Waals surface area contributed by atoms with Crippen molar-refractivity contribution >= 4 is 16.9 Å². The van der Waals surface area contributed by atoms with E-state index in [1.807, 2.05) is 6.07 Å². The van der Waals surface area contributed by atoms with Crippen LogP contribution < -0.4 is 14.4 Å². The summed E-state index contributed by atoms with van der Waals surface area (Å²) in [7, 11) is 3.08. The third-order valence-corrected chi connectivity index (χ3v) is 5.53. The fourth-order valence-corrected chi connectivity index (χ4v) is 4.03. The van der Waals surface area contributed by atoms with E-state index in [-0.39, 0.29) is 12.1 Å². The van der Waals surface area contributed by atoms with Crippen molar-refractivity contribution in [2.24, 2.45) is 0 Å². The number of ether oxygens (including phenoxy) is 2. The molecule has 1 aliphatic heterocycles. The molecule has 10 nitrogen and oxygen atoms in total. The van der Waals surface area contributed by atoms with Crippen LogP contribution in [0, 0.1) is 0 Å². The van der Waals surface area contributed by atoms with E-state index >= 15 is 0 Å². The first-order valence-electron chi connectivity index (χ1n) is 10.2. The van der Waals surface area contributed by atoms with Gasteiger partial charge in [-0.05, 0) is 29.8 Å². The van der Waals surface area contributed by atoms with Crippen LogP contribution in [0.25, 0.3) is 22.0 Å².